The molecule has 0 aliphatic heterocycles. The minimum Gasteiger partial charge on any atom is -0.489 e. The summed E-state index contributed by atoms with van der Waals surface area (Å²) in [5.74, 6) is 1.45. The van der Waals surface area contributed by atoms with Crippen LogP contribution in [0.15, 0.2) is 66.3 Å². The normalized spacial score (nSPS) is 11.3. The average molecular weight is 393 g/mol. The molecular weight excluding hydrogens is 380 g/mol. The molecule has 0 unspecified atom stereocenters. The van der Waals surface area contributed by atoms with E-state index in [2.05, 4.69) is 10.1 Å². The lowest BCUT2D eigenvalue weighted by atomic mass is 10.1. The highest BCUT2D eigenvalue weighted by Crippen LogP contribution is 2.25. The number of benzene rings is 2. The maximum absolute atomic E-state index is 5.90. The summed E-state index contributed by atoms with van der Waals surface area (Å²) in [7, 11) is 0. The van der Waals surface area contributed by atoms with Gasteiger partial charge in [0.15, 0.2) is 11.5 Å². The monoisotopic (exact) mass is 392 g/mol. The molecule has 0 spiro atoms. The zero-order valence-electron chi connectivity index (χ0n) is 14.0. The van der Waals surface area contributed by atoms with Crippen molar-refractivity contribution >= 4 is 38.8 Å². The molecule has 3 aromatic heterocycles. The zero-order chi connectivity index (χ0) is 18.2. The van der Waals surface area contributed by atoms with Crippen molar-refractivity contribution in [2.24, 2.45) is 0 Å². The molecule has 0 atom stereocenters. The Bertz CT molecular complexity index is 1250. The lowest BCUT2D eigenvalue weighted by Crippen LogP contribution is -1.96. The van der Waals surface area contributed by atoms with E-state index in [1.54, 1.807) is 22.2 Å². The summed E-state index contributed by atoms with van der Waals surface area (Å²) in [6.45, 7) is 0.458. The minimum absolute atomic E-state index is 0.458. The number of nitrogens with zero attached hydrogens (tertiary/aromatic N) is 4. The van der Waals surface area contributed by atoms with Crippen molar-refractivity contribution in [3.8, 4) is 17.1 Å². The number of fused-ring (bicyclic) bond motifs is 3. The molecule has 5 aromatic rings. The summed E-state index contributed by atoms with van der Waals surface area (Å²) in [6, 6.07) is 17.4. The highest BCUT2D eigenvalue weighted by molar-refractivity contribution is 7.16. The summed E-state index contributed by atoms with van der Waals surface area (Å²) in [6.07, 6.45) is 1.71. The van der Waals surface area contributed by atoms with Gasteiger partial charge in [-0.2, -0.15) is 0 Å². The highest BCUT2D eigenvalue weighted by Gasteiger charge is 2.11. The van der Waals surface area contributed by atoms with E-state index in [4.69, 9.17) is 21.3 Å². The van der Waals surface area contributed by atoms with Crippen LogP contribution in [0.3, 0.4) is 0 Å². The van der Waals surface area contributed by atoms with E-state index in [-0.39, 0.29) is 0 Å². The molecule has 132 valence electrons. The van der Waals surface area contributed by atoms with Crippen molar-refractivity contribution in [2.75, 3.05) is 0 Å². The number of hydrogen-bond acceptors (Lipinski definition) is 5. The Hall–Kier alpha value is -2.96. The molecule has 0 aliphatic carbocycles. The van der Waals surface area contributed by atoms with Gasteiger partial charge < -0.3 is 4.74 Å². The van der Waals surface area contributed by atoms with Crippen LogP contribution in [-0.2, 0) is 6.61 Å². The Morgan fingerprint density at radius 2 is 1.96 bits per heavy atom. The van der Waals surface area contributed by atoms with E-state index in [0.29, 0.717) is 17.5 Å². The van der Waals surface area contributed by atoms with Gasteiger partial charge in [0, 0.05) is 10.6 Å². The van der Waals surface area contributed by atoms with Crippen LogP contribution < -0.4 is 4.74 Å². The van der Waals surface area contributed by atoms with Gasteiger partial charge in [0.25, 0.3) is 0 Å². The fourth-order valence-corrected chi connectivity index (χ4v) is 3.74. The first-order chi connectivity index (χ1) is 13.3. The zero-order valence-corrected chi connectivity index (χ0v) is 15.6. The first-order valence-electron chi connectivity index (χ1n) is 8.32. The number of aromatic nitrogens is 4. The Balaban J connectivity index is 1.44. The molecular formula is C20H13ClN4OS. The predicted octanol–water partition coefficient (Wildman–Crippen LogP) is 5.24. The second-order valence-electron chi connectivity index (χ2n) is 6.03. The lowest BCUT2D eigenvalue weighted by molar-refractivity contribution is 0.306. The number of halogens is 1. The van der Waals surface area contributed by atoms with E-state index >= 15 is 0 Å². The van der Waals surface area contributed by atoms with E-state index in [1.807, 2.05) is 60.0 Å². The molecule has 5 nitrogen and oxygen atoms in total. The third kappa shape index (κ3) is 3.13. The smallest absolute Gasteiger partial charge is 0.182 e. The number of rotatable bonds is 4. The van der Waals surface area contributed by atoms with E-state index < -0.39 is 0 Å². The van der Waals surface area contributed by atoms with Crippen LogP contribution in [0, 0.1) is 0 Å². The van der Waals surface area contributed by atoms with Crippen molar-refractivity contribution in [1.29, 1.82) is 0 Å². The van der Waals surface area contributed by atoms with Crippen molar-refractivity contribution in [3.63, 3.8) is 0 Å². The second kappa shape index (κ2) is 6.64. The van der Waals surface area contributed by atoms with Crippen molar-refractivity contribution in [2.45, 2.75) is 6.61 Å². The van der Waals surface area contributed by atoms with Crippen molar-refractivity contribution in [1.82, 2.24) is 19.6 Å². The summed E-state index contributed by atoms with van der Waals surface area (Å²) in [4.78, 5) is 10.1. The summed E-state index contributed by atoms with van der Waals surface area (Å²) >= 11 is 7.50. The van der Waals surface area contributed by atoms with Gasteiger partial charge >= 0.3 is 0 Å². The Kier molecular flexibility index (Phi) is 3.99. The molecule has 0 saturated carbocycles. The topological polar surface area (TPSA) is 52.3 Å². The summed E-state index contributed by atoms with van der Waals surface area (Å²) in [5.41, 5.74) is 2.80. The molecule has 27 heavy (non-hydrogen) atoms. The first-order valence-corrected chi connectivity index (χ1v) is 9.58. The SMILES string of the molecule is Clc1ccc(OCc2cccc(-c3nc4c5ccsc5ncn4n3)c2)cc1. The first kappa shape index (κ1) is 16.2. The number of thiophene rings is 1. The summed E-state index contributed by atoms with van der Waals surface area (Å²) < 4.78 is 7.55. The van der Waals surface area contributed by atoms with Crippen molar-refractivity contribution < 1.29 is 4.74 Å². The van der Waals surface area contributed by atoms with Crippen LogP contribution in [0.25, 0.3) is 27.3 Å². The molecule has 0 aliphatic rings. The fraction of sp³-hybridized carbons (Fsp3) is 0.0500. The Morgan fingerprint density at radius 3 is 2.85 bits per heavy atom. The molecule has 3 heterocycles. The highest BCUT2D eigenvalue weighted by atomic mass is 35.5. The average Bonchev–Trinajstić information content (AvgIpc) is 3.34. The van der Waals surface area contributed by atoms with Crippen LogP contribution in [-0.4, -0.2) is 19.6 Å². The van der Waals surface area contributed by atoms with Crippen LogP contribution in [0.2, 0.25) is 5.02 Å². The van der Waals surface area contributed by atoms with Crippen molar-refractivity contribution in [3.05, 3.63) is 76.9 Å². The largest absolute Gasteiger partial charge is 0.489 e. The fourth-order valence-electron chi connectivity index (χ4n) is 2.89. The van der Waals surface area contributed by atoms with E-state index in [1.165, 1.54) is 0 Å². The minimum atomic E-state index is 0.458. The second-order valence-corrected chi connectivity index (χ2v) is 7.36. The van der Waals surface area contributed by atoms with Crippen LogP contribution >= 0.6 is 22.9 Å². The Morgan fingerprint density at radius 1 is 1.07 bits per heavy atom. The van der Waals surface area contributed by atoms with Crippen LogP contribution in [0.1, 0.15) is 5.56 Å². The molecule has 0 fully saturated rings. The molecule has 5 rings (SSSR count). The quantitative estimate of drug-likeness (QED) is 0.419. The van der Waals surface area contributed by atoms with Crippen LogP contribution in [0.5, 0.6) is 5.75 Å². The third-order valence-electron chi connectivity index (χ3n) is 4.21. The van der Waals surface area contributed by atoms with Gasteiger partial charge in [-0.1, -0.05) is 29.8 Å². The van der Waals surface area contributed by atoms with Gasteiger partial charge in [0.05, 0.1) is 5.39 Å². The molecule has 0 bridgehead atoms. The maximum atomic E-state index is 5.90. The number of hydrogen-bond donors (Lipinski definition) is 0. The van der Waals surface area contributed by atoms with Gasteiger partial charge in [-0.25, -0.2) is 14.5 Å². The lowest BCUT2D eigenvalue weighted by Gasteiger charge is -2.07. The van der Waals surface area contributed by atoms with Gasteiger partial charge in [0.1, 0.15) is 23.5 Å². The molecule has 0 N–H and O–H groups in total. The predicted molar refractivity (Wildman–Crippen MR) is 107 cm³/mol. The van der Waals surface area contributed by atoms with E-state index in [0.717, 1.165) is 32.7 Å². The van der Waals surface area contributed by atoms with Gasteiger partial charge in [-0.15, -0.1) is 16.4 Å². The standard InChI is InChI=1S/C20H13ClN4OS/c21-15-4-6-16(7-5-15)26-11-13-2-1-3-14(10-13)18-23-19-17-8-9-27-20(17)22-12-25(19)24-18/h1-10,12H,11H2. The Labute approximate surface area is 163 Å². The van der Waals surface area contributed by atoms with Gasteiger partial charge in [-0.3, -0.25) is 0 Å². The molecule has 7 heteroatoms. The van der Waals surface area contributed by atoms with Gasteiger partial charge in [0.2, 0.25) is 0 Å². The molecule has 0 saturated heterocycles. The summed E-state index contributed by atoms with van der Waals surface area (Å²) in [5, 5.41) is 8.30. The van der Waals surface area contributed by atoms with E-state index in [9.17, 15) is 0 Å². The molecule has 0 amide bonds. The molecule has 2 aromatic carbocycles. The maximum Gasteiger partial charge on any atom is 0.182 e. The molecule has 0 radical (unpaired) electrons. The third-order valence-corrected chi connectivity index (χ3v) is 5.28. The van der Waals surface area contributed by atoms with Gasteiger partial charge in [-0.05, 0) is 47.3 Å². The number of ether oxygens (including phenoxy) is 1. The van der Waals surface area contributed by atoms with Crippen LogP contribution in [0.4, 0.5) is 0 Å².